The Morgan fingerprint density at radius 1 is 1.15 bits per heavy atom. The van der Waals surface area contributed by atoms with Crippen LogP contribution in [0.2, 0.25) is 0 Å². The van der Waals surface area contributed by atoms with Crippen LogP contribution in [0.4, 0.5) is 5.69 Å². The molecule has 104 valence electrons. The van der Waals surface area contributed by atoms with Crippen LogP contribution in [0, 0.1) is 23.7 Å². The third kappa shape index (κ3) is 2.16. The average molecular weight is 336 g/mol. The molecule has 4 nitrogen and oxygen atoms in total. The van der Waals surface area contributed by atoms with E-state index in [4.69, 9.17) is 0 Å². The lowest BCUT2D eigenvalue weighted by molar-refractivity contribution is -0.146. The van der Waals surface area contributed by atoms with Gasteiger partial charge < -0.3 is 10.4 Å². The molecule has 1 aromatic carbocycles. The zero-order chi connectivity index (χ0) is 14.3. The molecule has 2 aliphatic carbocycles. The van der Waals surface area contributed by atoms with Crippen LogP contribution in [0.3, 0.4) is 0 Å². The van der Waals surface area contributed by atoms with Gasteiger partial charge in [-0.3, -0.25) is 9.59 Å². The van der Waals surface area contributed by atoms with Gasteiger partial charge in [0.15, 0.2) is 0 Å². The van der Waals surface area contributed by atoms with Gasteiger partial charge in [-0.2, -0.15) is 0 Å². The lowest BCUT2D eigenvalue weighted by Crippen LogP contribution is -2.36. The van der Waals surface area contributed by atoms with Gasteiger partial charge in [0, 0.05) is 4.47 Å². The first kappa shape index (κ1) is 13.4. The Hall–Kier alpha value is -1.62. The molecule has 0 aromatic heterocycles. The molecule has 0 radical (unpaired) electrons. The van der Waals surface area contributed by atoms with Crippen molar-refractivity contribution in [1.82, 2.24) is 0 Å². The van der Waals surface area contributed by atoms with Crippen molar-refractivity contribution >= 4 is 33.5 Å². The second-order valence-corrected chi connectivity index (χ2v) is 6.16. The van der Waals surface area contributed by atoms with Gasteiger partial charge >= 0.3 is 5.97 Å². The van der Waals surface area contributed by atoms with Crippen molar-refractivity contribution in [1.29, 1.82) is 0 Å². The fraction of sp³-hybridized carbons (Fsp3) is 0.333. The number of fused-ring (bicyclic) bond motifs is 2. The minimum atomic E-state index is -0.880. The molecule has 2 aliphatic rings. The molecule has 3 rings (SSSR count). The summed E-state index contributed by atoms with van der Waals surface area (Å²) in [5.74, 6) is -2.13. The Kier molecular flexibility index (Phi) is 3.38. The van der Waals surface area contributed by atoms with E-state index in [9.17, 15) is 14.7 Å². The summed E-state index contributed by atoms with van der Waals surface area (Å²) in [4.78, 5) is 23.8. The summed E-state index contributed by atoms with van der Waals surface area (Å²) in [5, 5.41) is 12.2. The van der Waals surface area contributed by atoms with Crippen LogP contribution in [0.5, 0.6) is 0 Å². The van der Waals surface area contributed by atoms with Gasteiger partial charge in [-0.25, -0.2) is 0 Å². The normalized spacial score (nSPS) is 30.4. The van der Waals surface area contributed by atoms with Crippen LogP contribution >= 0.6 is 15.9 Å². The van der Waals surface area contributed by atoms with Crippen molar-refractivity contribution < 1.29 is 14.7 Å². The average Bonchev–Trinajstić information content (AvgIpc) is 3.01. The fourth-order valence-electron chi connectivity index (χ4n) is 3.29. The van der Waals surface area contributed by atoms with E-state index in [0.717, 1.165) is 10.9 Å². The largest absolute Gasteiger partial charge is 0.481 e. The second-order valence-electron chi connectivity index (χ2n) is 5.31. The number of para-hydroxylation sites is 1. The number of carbonyl (C=O) groups is 2. The van der Waals surface area contributed by atoms with Crippen LogP contribution in [-0.2, 0) is 9.59 Å². The molecule has 20 heavy (non-hydrogen) atoms. The number of carboxylic acids is 1. The van der Waals surface area contributed by atoms with Gasteiger partial charge in [0.25, 0.3) is 0 Å². The van der Waals surface area contributed by atoms with Crippen molar-refractivity contribution in [3.8, 4) is 0 Å². The molecule has 1 fully saturated rings. The molecule has 0 saturated heterocycles. The molecule has 2 bridgehead atoms. The number of allylic oxidation sites excluding steroid dienone is 2. The summed E-state index contributed by atoms with van der Waals surface area (Å²) in [5.41, 5.74) is 0.674. The van der Waals surface area contributed by atoms with Crippen LogP contribution in [-0.4, -0.2) is 17.0 Å². The number of hydrogen-bond acceptors (Lipinski definition) is 2. The Labute approximate surface area is 125 Å². The first-order valence-electron chi connectivity index (χ1n) is 6.54. The monoisotopic (exact) mass is 335 g/mol. The van der Waals surface area contributed by atoms with Crippen molar-refractivity contribution in [3.05, 3.63) is 40.9 Å². The number of benzene rings is 1. The van der Waals surface area contributed by atoms with Gasteiger partial charge in [0.05, 0.1) is 17.5 Å². The molecule has 1 aromatic rings. The third-order valence-corrected chi connectivity index (χ3v) is 4.87. The Bertz CT molecular complexity index is 599. The van der Waals surface area contributed by atoms with Crippen LogP contribution in [0.15, 0.2) is 40.9 Å². The van der Waals surface area contributed by atoms with E-state index >= 15 is 0 Å². The fourth-order valence-corrected chi connectivity index (χ4v) is 3.68. The predicted octanol–water partition coefficient (Wildman–Crippen LogP) is 2.91. The predicted molar refractivity (Wildman–Crippen MR) is 78.1 cm³/mol. The van der Waals surface area contributed by atoms with E-state index in [0.29, 0.717) is 5.69 Å². The molecule has 1 saturated carbocycles. The minimum Gasteiger partial charge on any atom is -0.481 e. The molecule has 5 heteroatoms. The van der Waals surface area contributed by atoms with E-state index in [1.807, 2.05) is 30.4 Å². The molecular weight excluding hydrogens is 322 g/mol. The van der Waals surface area contributed by atoms with Gasteiger partial charge in [0.1, 0.15) is 0 Å². The molecule has 1 amide bonds. The molecule has 2 unspecified atom stereocenters. The first-order valence-corrected chi connectivity index (χ1v) is 7.34. The third-order valence-electron chi connectivity index (χ3n) is 4.18. The number of carboxylic acid groups (broad SMARTS) is 1. The maximum Gasteiger partial charge on any atom is 0.307 e. The second kappa shape index (κ2) is 5.05. The van der Waals surface area contributed by atoms with E-state index in [-0.39, 0.29) is 17.7 Å². The molecular formula is C15H14BrNO3. The van der Waals surface area contributed by atoms with Gasteiger partial charge in [-0.1, -0.05) is 24.3 Å². The Morgan fingerprint density at radius 2 is 1.80 bits per heavy atom. The molecule has 0 aliphatic heterocycles. The summed E-state index contributed by atoms with van der Waals surface area (Å²) < 4.78 is 0.791. The maximum atomic E-state index is 12.4. The Morgan fingerprint density at radius 3 is 2.45 bits per heavy atom. The smallest absolute Gasteiger partial charge is 0.307 e. The number of rotatable bonds is 3. The highest BCUT2D eigenvalue weighted by molar-refractivity contribution is 9.10. The van der Waals surface area contributed by atoms with E-state index in [2.05, 4.69) is 21.2 Å². The number of nitrogens with one attached hydrogen (secondary N) is 1. The summed E-state index contributed by atoms with van der Waals surface area (Å²) in [6.07, 6.45) is 4.69. The van der Waals surface area contributed by atoms with E-state index in [1.165, 1.54) is 0 Å². The molecule has 0 spiro atoms. The summed E-state index contributed by atoms with van der Waals surface area (Å²) in [6.45, 7) is 0. The molecule has 4 atom stereocenters. The quantitative estimate of drug-likeness (QED) is 0.834. The lowest BCUT2D eigenvalue weighted by atomic mass is 9.82. The minimum absolute atomic E-state index is 0.00698. The molecule has 2 N–H and O–H groups in total. The highest BCUT2D eigenvalue weighted by atomic mass is 79.9. The number of anilines is 1. The standard InChI is InChI=1S/C15H14BrNO3/c16-10-3-1-2-4-11(10)17-14(18)12-8-5-6-9(7-8)13(12)15(19)20/h1-6,8-9,12-13H,7H2,(H,17,18)(H,19,20)/t8?,9?,12-,13+/m0/s1. The number of amides is 1. The van der Waals surface area contributed by atoms with E-state index < -0.39 is 17.8 Å². The van der Waals surface area contributed by atoms with E-state index in [1.54, 1.807) is 6.07 Å². The number of aliphatic carboxylic acids is 1. The molecule has 0 heterocycles. The van der Waals surface area contributed by atoms with Crippen LogP contribution in [0.25, 0.3) is 0 Å². The zero-order valence-electron chi connectivity index (χ0n) is 10.6. The summed E-state index contributed by atoms with van der Waals surface area (Å²) in [7, 11) is 0. The van der Waals surface area contributed by atoms with Crippen molar-refractivity contribution in [2.75, 3.05) is 5.32 Å². The van der Waals surface area contributed by atoms with Gasteiger partial charge in [0.2, 0.25) is 5.91 Å². The highest BCUT2D eigenvalue weighted by Gasteiger charge is 2.51. The number of carbonyl (C=O) groups excluding carboxylic acids is 1. The topological polar surface area (TPSA) is 66.4 Å². The van der Waals surface area contributed by atoms with Gasteiger partial charge in [-0.05, 0) is 46.3 Å². The van der Waals surface area contributed by atoms with Gasteiger partial charge in [-0.15, -0.1) is 0 Å². The lowest BCUT2D eigenvalue weighted by Gasteiger charge is -2.24. The summed E-state index contributed by atoms with van der Waals surface area (Å²) >= 11 is 3.37. The van der Waals surface area contributed by atoms with Crippen LogP contribution in [0.1, 0.15) is 6.42 Å². The summed E-state index contributed by atoms with van der Waals surface area (Å²) in [6, 6.07) is 7.32. The first-order chi connectivity index (χ1) is 9.58. The highest BCUT2D eigenvalue weighted by Crippen LogP contribution is 2.48. The number of hydrogen-bond donors (Lipinski definition) is 2. The maximum absolute atomic E-state index is 12.4. The van der Waals surface area contributed by atoms with Crippen LogP contribution < -0.4 is 5.32 Å². The van der Waals surface area contributed by atoms with Crippen molar-refractivity contribution in [2.45, 2.75) is 6.42 Å². The Balaban J connectivity index is 1.82. The number of halogens is 1. The van der Waals surface area contributed by atoms with Crippen molar-refractivity contribution in [2.24, 2.45) is 23.7 Å². The SMILES string of the molecule is O=C(O)[C@@H]1C2C=CC(C2)[C@@H]1C(=O)Nc1ccccc1Br. The van der Waals surface area contributed by atoms with Crippen molar-refractivity contribution in [3.63, 3.8) is 0 Å². The zero-order valence-corrected chi connectivity index (χ0v) is 12.2.